The van der Waals surface area contributed by atoms with Gasteiger partial charge in [-0.1, -0.05) is 0 Å². The third kappa shape index (κ3) is 1.50. The molecular formula is C7H14N4S. The monoisotopic (exact) mass is 186 g/mol. The molecule has 1 aromatic rings. The molecule has 4 nitrogen and oxygen atoms in total. The molecule has 0 saturated carbocycles. The molecule has 0 aliphatic rings. The smallest absolute Gasteiger partial charge is 0.225 e. The van der Waals surface area contributed by atoms with Gasteiger partial charge in [-0.2, -0.15) is 0 Å². The van der Waals surface area contributed by atoms with Gasteiger partial charge in [-0.3, -0.25) is 4.57 Å². The summed E-state index contributed by atoms with van der Waals surface area (Å²) in [4.78, 5) is 1.94. The highest BCUT2D eigenvalue weighted by Gasteiger charge is 2.09. The number of H-pyrrole nitrogens is 1. The predicted octanol–water partition coefficient (Wildman–Crippen LogP) is 1.59. The Balaban J connectivity index is 3.22. The minimum atomic E-state index is 0.341. The van der Waals surface area contributed by atoms with Crippen LogP contribution in [0.5, 0.6) is 0 Å². The lowest BCUT2D eigenvalue weighted by Gasteiger charge is -2.15. The highest BCUT2D eigenvalue weighted by atomic mass is 32.1. The van der Waals surface area contributed by atoms with Crippen molar-refractivity contribution in [3.63, 3.8) is 0 Å². The molecule has 0 fully saturated rings. The summed E-state index contributed by atoms with van der Waals surface area (Å²) in [6.45, 7) is 4.16. The minimum Gasteiger partial charge on any atom is -0.347 e. The topological polar surface area (TPSA) is 36.9 Å². The Labute approximate surface area is 77.2 Å². The van der Waals surface area contributed by atoms with Crippen LogP contribution in [-0.4, -0.2) is 28.9 Å². The van der Waals surface area contributed by atoms with Gasteiger partial charge >= 0.3 is 0 Å². The molecule has 1 aromatic heterocycles. The van der Waals surface area contributed by atoms with Crippen LogP contribution in [0.25, 0.3) is 0 Å². The van der Waals surface area contributed by atoms with Crippen molar-refractivity contribution < 1.29 is 0 Å². The van der Waals surface area contributed by atoms with Gasteiger partial charge in [-0.05, 0) is 26.1 Å². The molecule has 0 saturated heterocycles. The maximum atomic E-state index is 5.09. The molecule has 0 unspecified atom stereocenters. The van der Waals surface area contributed by atoms with E-state index in [-0.39, 0.29) is 0 Å². The number of rotatable bonds is 2. The summed E-state index contributed by atoms with van der Waals surface area (Å²) >= 11 is 5.09. The van der Waals surface area contributed by atoms with E-state index in [9.17, 15) is 0 Å². The van der Waals surface area contributed by atoms with Crippen molar-refractivity contribution in [3.05, 3.63) is 4.77 Å². The standard InChI is InChI=1S/C7H14N4S/c1-5(2)11-6(10(3)4)8-9-7(11)12/h5H,1-4H3,(H,9,12). The van der Waals surface area contributed by atoms with Crippen LogP contribution < -0.4 is 4.90 Å². The second-order valence-corrected chi connectivity index (χ2v) is 3.57. The number of nitrogens with zero attached hydrogens (tertiary/aromatic N) is 3. The maximum Gasteiger partial charge on any atom is 0.225 e. The third-order valence-corrected chi connectivity index (χ3v) is 1.89. The Hall–Kier alpha value is -0.840. The molecule has 5 heteroatoms. The lowest BCUT2D eigenvalue weighted by molar-refractivity contribution is 0.589. The highest BCUT2D eigenvalue weighted by molar-refractivity contribution is 7.71. The molecule has 0 amide bonds. The average molecular weight is 186 g/mol. The van der Waals surface area contributed by atoms with Crippen LogP contribution >= 0.6 is 12.2 Å². The normalized spacial score (nSPS) is 10.8. The quantitative estimate of drug-likeness (QED) is 0.713. The van der Waals surface area contributed by atoms with E-state index in [1.165, 1.54) is 0 Å². The van der Waals surface area contributed by atoms with Gasteiger partial charge in [0.15, 0.2) is 4.77 Å². The number of aromatic amines is 1. The van der Waals surface area contributed by atoms with Crippen molar-refractivity contribution in [2.45, 2.75) is 19.9 Å². The number of hydrogen-bond acceptors (Lipinski definition) is 3. The Morgan fingerprint density at radius 1 is 1.50 bits per heavy atom. The van der Waals surface area contributed by atoms with Gasteiger partial charge in [-0.25, -0.2) is 5.10 Å². The first-order valence-corrected chi connectivity index (χ1v) is 4.29. The Bertz CT molecular complexity index is 309. The van der Waals surface area contributed by atoms with Gasteiger partial charge in [0.1, 0.15) is 0 Å². The van der Waals surface area contributed by atoms with E-state index in [1.54, 1.807) is 0 Å². The van der Waals surface area contributed by atoms with Gasteiger partial charge < -0.3 is 4.90 Å². The van der Waals surface area contributed by atoms with Crippen molar-refractivity contribution in [2.24, 2.45) is 0 Å². The van der Waals surface area contributed by atoms with Crippen LogP contribution in [0.4, 0.5) is 5.95 Å². The van der Waals surface area contributed by atoms with Crippen molar-refractivity contribution in [1.82, 2.24) is 14.8 Å². The molecule has 0 spiro atoms. The predicted molar refractivity (Wildman–Crippen MR) is 52.1 cm³/mol. The Kier molecular flexibility index (Phi) is 2.52. The van der Waals surface area contributed by atoms with Gasteiger partial charge in [0.25, 0.3) is 0 Å². The first kappa shape index (κ1) is 9.25. The van der Waals surface area contributed by atoms with Gasteiger partial charge in [0.05, 0.1) is 0 Å². The van der Waals surface area contributed by atoms with Crippen LogP contribution in [-0.2, 0) is 0 Å². The average Bonchev–Trinajstić information content (AvgIpc) is 2.30. The molecule has 1 N–H and O–H groups in total. The van der Waals surface area contributed by atoms with Crippen molar-refractivity contribution in [1.29, 1.82) is 0 Å². The second kappa shape index (κ2) is 3.26. The molecular weight excluding hydrogens is 172 g/mol. The van der Waals surface area contributed by atoms with Gasteiger partial charge in [0, 0.05) is 20.1 Å². The van der Waals surface area contributed by atoms with Crippen LogP contribution in [0.3, 0.4) is 0 Å². The molecule has 68 valence electrons. The number of hydrogen-bond donors (Lipinski definition) is 1. The largest absolute Gasteiger partial charge is 0.347 e. The molecule has 1 heterocycles. The fourth-order valence-corrected chi connectivity index (χ4v) is 1.42. The molecule has 0 bridgehead atoms. The molecule has 1 rings (SSSR count). The first-order valence-electron chi connectivity index (χ1n) is 3.88. The van der Waals surface area contributed by atoms with E-state index < -0.39 is 0 Å². The molecule has 0 aromatic carbocycles. The summed E-state index contributed by atoms with van der Waals surface area (Å²) in [6.07, 6.45) is 0. The second-order valence-electron chi connectivity index (χ2n) is 3.19. The van der Waals surface area contributed by atoms with Crippen molar-refractivity contribution in [2.75, 3.05) is 19.0 Å². The minimum absolute atomic E-state index is 0.341. The van der Waals surface area contributed by atoms with E-state index in [0.717, 1.165) is 5.95 Å². The van der Waals surface area contributed by atoms with E-state index >= 15 is 0 Å². The fraction of sp³-hybridized carbons (Fsp3) is 0.714. The van der Waals surface area contributed by atoms with Crippen LogP contribution in [0.1, 0.15) is 19.9 Å². The summed E-state index contributed by atoms with van der Waals surface area (Å²) < 4.78 is 2.66. The Morgan fingerprint density at radius 2 is 2.08 bits per heavy atom. The van der Waals surface area contributed by atoms with Crippen LogP contribution in [0.15, 0.2) is 0 Å². The Morgan fingerprint density at radius 3 is 2.42 bits per heavy atom. The lowest BCUT2D eigenvalue weighted by Crippen LogP contribution is -2.16. The summed E-state index contributed by atoms with van der Waals surface area (Å²) in [5.41, 5.74) is 0. The first-order chi connectivity index (χ1) is 5.54. The summed E-state index contributed by atoms with van der Waals surface area (Å²) in [7, 11) is 3.90. The highest BCUT2D eigenvalue weighted by Crippen LogP contribution is 2.14. The van der Waals surface area contributed by atoms with E-state index in [1.807, 2.05) is 23.6 Å². The van der Waals surface area contributed by atoms with E-state index in [4.69, 9.17) is 12.2 Å². The summed E-state index contributed by atoms with van der Waals surface area (Å²) in [5, 5.41) is 6.88. The molecule has 12 heavy (non-hydrogen) atoms. The zero-order valence-electron chi connectivity index (χ0n) is 7.83. The lowest BCUT2D eigenvalue weighted by atomic mass is 10.4. The molecule has 0 aliphatic carbocycles. The van der Waals surface area contributed by atoms with Crippen LogP contribution in [0.2, 0.25) is 0 Å². The molecule has 0 radical (unpaired) electrons. The summed E-state index contributed by atoms with van der Waals surface area (Å²) in [5.74, 6) is 0.870. The third-order valence-electron chi connectivity index (χ3n) is 1.60. The van der Waals surface area contributed by atoms with Crippen molar-refractivity contribution >= 4 is 18.2 Å². The van der Waals surface area contributed by atoms with Gasteiger partial charge in [0.2, 0.25) is 5.95 Å². The number of aromatic nitrogens is 3. The van der Waals surface area contributed by atoms with Crippen molar-refractivity contribution in [3.8, 4) is 0 Å². The molecule has 0 atom stereocenters. The summed E-state index contributed by atoms with van der Waals surface area (Å²) in [6, 6.07) is 0.341. The number of nitrogens with one attached hydrogen (secondary N) is 1. The zero-order valence-corrected chi connectivity index (χ0v) is 8.64. The number of anilines is 1. The zero-order chi connectivity index (χ0) is 9.30. The fourth-order valence-electron chi connectivity index (χ4n) is 1.08. The van der Waals surface area contributed by atoms with E-state index in [2.05, 4.69) is 24.0 Å². The SMILES string of the molecule is CC(C)n1c(N(C)C)n[nH]c1=S. The maximum absolute atomic E-state index is 5.09. The van der Waals surface area contributed by atoms with E-state index in [0.29, 0.717) is 10.8 Å². The van der Waals surface area contributed by atoms with Gasteiger partial charge in [-0.15, -0.1) is 5.10 Å². The van der Waals surface area contributed by atoms with Crippen LogP contribution in [0, 0.1) is 4.77 Å². The molecule has 0 aliphatic heterocycles.